The lowest BCUT2D eigenvalue weighted by molar-refractivity contribution is 0.108. The van der Waals surface area contributed by atoms with Crippen LogP contribution in [-0.4, -0.2) is 65.1 Å². The summed E-state index contributed by atoms with van der Waals surface area (Å²) in [5, 5.41) is 6.67. The van der Waals surface area contributed by atoms with E-state index in [9.17, 15) is 8.42 Å². The van der Waals surface area contributed by atoms with Crippen molar-refractivity contribution in [1.82, 2.24) is 14.9 Å². The Morgan fingerprint density at radius 3 is 2.52 bits per heavy atom. The molecule has 29 heavy (non-hydrogen) atoms. The second-order valence-electron chi connectivity index (χ2n) is 7.86. The van der Waals surface area contributed by atoms with Crippen molar-refractivity contribution in [3.8, 4) is 0 Å². The molecule has 0 spiro atoms. The molecule has 0 saturated carbocycles. The van der Waals surface area contributed by atoms with Gasteiger partial charge in [0.15, 0.2) is 5.96 Å². The van der Waals surface area contributed by atoms with Gasteiger partial charge in [-0.2, -0.15) is 4.31 Å². The van der Waals surface area contributed by atoms with E-state index in [4.69, 9.17) is 4.74 Å². The minimum Gasteiger partial charge on any atom is -0.381 e. The lowest BCUT2D eigenvalue weighted by Crippen LogP contribution is -2.44. The molecule has 164 valence electrons. The summed E-state index contributed by atoms with van der Waals surface area (Å²) in [6.45, 7) is 8.55. The van der Waals surface area contributed by atoms with Crippen LogP contribution < -0.4 is 10.6 Å². The normalized spacial score (nSPS) is 16.9. The lowest BCUT2D eigenvalue weighted by atomic mass is 9.98. The van der Waals surface area contributed by atoms with Crippen LogP contribution in [0.15, 0.2) is 40.2 Å². The molecular formula is C21H36N4O3S. The maximum Gasteiger partial charge on any atom is 0.243 e. The van der Waals surface area contributed by atoms with Gasteiger partial charge in [0.2, 0.25) is 10.0 Å². The van der Waals surface area contributed by atoms with E-state index in [1.54, 1.807) is 35.6 Å². The van der Waals surface area contributed by atoms with Crippen molar-refractivity contribution in [3.63, 3.8) is 0 Å². The number of nitrogens with zero attached hydrogens (tertiary/aromatic N) is 2. The highest BCUT2D eigenvalue weighted by Crippen LogP contribution is 2.23. The molecule has 1 fully saturated rings. The van der Waals surface area contributed by atoms with Gasteiger partial charge in [0.05, 0.1) is 4.90 Å². The van der Waals surface area contributed by atoms with Gasteiger partial charge in [-0.15, -0.1) is 0 Å². The highest BCUT2D eigenvalue weighted by atomic mass is 32.2. The molecule has 0 atom stereocenters. The van der Waals surface area contributed by atoms with Gasteiger partial charge in [-0.05, 0) is 43.2 Å². The summed E-state index contributed by atoms with van der Waals surface area (Å²) in [6.07, 6.45) is 2.63. The van der Waals surface area contributed by atoms with Gasteiger partial charge in [0.25, 0.3) is 0 Å². The fourth-order valence-corrected chi connectivity index (χ4v) is 4.75. The Hall–Kier alpha value is -1.64. The van der Waals surface area contributed by atoms with Crippen molar-refractivity contribution in [2.75, 3.05) is 46.4 Å². The van der Waals surface area contributed by atoms with Crippen LogP contribution in [0.4, 0.5) is 0 Å². The monoisotopic (exact) mass is 424 g/mol. The molecule has 0 bridgehead atoms. The number of benzene rings is 1. The van der Waals surface area contributed by atoms with E-state index in [1.807, 2.05) is 6.07 Å². The van der Waals surface area contributed by atoms with Gasteiger partial charge in [-0.25, -0.2) is 8.42 Å². The van der Waals surface area contributed by atoms with E-state index in [0.717, 1.165) is 51.5 Å². The molecule has 0 radical (unpaired) electrons. The van der Waals surface area contributed by atoms with Gasteiger partial charge in [0.1, 0.15) is 0 Å². The van der Waals surface area contributed by atoms with Crippen molar-refractivity contribution < 1.29 is 13.2 Å². The molecule has 1 aliphatic heterocycles. The van der Waals surface area contributed by atoms with Crippen molar-refractivity contribution >= 4 is 16.0 Å². The summed E-state index contributed by atoms with van der Waals surface area (Å²) in [7, 11) is -1.62. The fraction of sp³-hybridized carbons (Fsp3) is 0.667. The number of aliphatic imine (C=N–C) groups is 1. The van der Waals surface area contributed by atoms with Crippen molar-refractivity contribution in [1.29, 1.82) is 0 Å². The molecule has 7 nitrogen and oxygen atoms in total. The zero-order chi connectivity index (χ0) is 21.1. The zero-order valence-electron chi connectivity index (χ0n) is 17.9. The Balaban J connectivity index is 1.67. The number of guanidine groups is 1. The summed E-state index contributed by atoms with van der Waals surface area (Å²) < 4.78 is 32.6. The predicted molar refractivity (Wildman–Crippen MR) is 118 cm³/mol. The first kappa shape index (κ1) is 23.6. The van der Waals surface area contributed by atoms with Gasteiger partial charge < -0.3 is 15.4 Å². The SMILES string of the molecule is CN=C(NCCCOCC(C)C)NCC1CCN(S(=O)(=O)c2ccccc2)CC1. The lowest BCUT2D eigenvalue weighted by Gasteiger charge is -2.31. The van der Waals surface area contributed by atoms with Crippen LogP contribution in [0.5, 0.6) is 0 Å². The van der Waals surface area contributed by atoms with E-state index in [-0.39, 0.29) is 0 Å². The van der Waals surface area contributed by atoms with Crippen molar-refractivity contribution in [2.24, 2.45) is 16.8 Å². The van der Waals surface area contributed by atoms with Crippen LogP contribution in [0.2, 0.25) is 0 Å². The molecular weight excluding hydrogens is 388 g/mol. The minimum absolute atomic E-state index is 0.374. The maximum atomic E-state index is 12.7. The predicted octanol–water partition coefficient (Wildman–Crippen LogP) is 2.32. The van der Waals surface area contributed by atoms with E-state index < -0.39 is 10.0 Å². The molecule has 1 aliphatic rings. The molecule has 1 saturated heterocycles. The average molecular weight is 425 g/mol. The quantitative estimate of drug-likeness (QED) is 0.342. The molecule has 0 unspecified atom stereocenters. The molecule has 0 amide bonds. The molecule has 1 heterocycles. The summed E-state index contributed by atoms with van der Waals surface area (Å²) >= 11 is 0. The molecule has 0 aromatic heterocycles. The van der Waals surface area contributed by atoms with Crippen LogP contribution >= 0.6 is 0 Å². The third kappa shape index (κ3) is 7.95. The fourth-order valence-electron chi connectivity index (χ4n) is 3.26. The largest absolute Gasteiger partial charge is 0.381 e. The first-order chi connectivity index (χ1) is 13.9. The van der Waals surface area contributed by atoms with Gasteiger partial charge in [0, 0.05) is 46.4 Å². The number of hydrogen-bond donors (Lipinski definition) is 2. The molecule has 2 rings (SSSR count). The average Bonchev–Trinajstić information content (AvgIpc) is 2.73. The van der Waals surface area contributed by atoms with Crippen molar-refractivity contribution in [3.05, 3.63) is 30.3 Å². The third-order valence-electron chi connectivity index (χ3n) is 4.95. The van der Waals surface area contributed by atoms with Crippen LogP contribution in [0.25, 0.3) is 0 Å². The van der Waals surface area contributed by atoms with E-state index in [1.165, 1.54) is 0 Å². The number of ether oxygens (including phenoxy) is 1. The topological polar surface area (TPSA) is 83.0 Å². The standard InChI is InChI=1S/C21H36N4O3S/c1-18(2)17-28-15-7-12-23-21(22-3)24-16-19-10-13-25(14-11-19)29(26,27)20-8-5-4-6-9-20/h4-6,8-9,18-19H,7,10-17H2,1-3H3,(H2,22,23,24). The van der Waals surface area contributed by atoms with Gasteiger partial charge in [-0.3, -0.25) is 4.99 Å². The Labute approximate surface area is 176 Å². The first-order valence-electron chi connectivity index (χ1n) is 10.5. The summed E-state index contributed by atoms with van der Waals surface area (Å²) in [5.41, 5.74) is 0. The van der Waals surface area contributed by atoms with Gasteiger partial charge in [-0.1, -0.05) is 32.0 Å². The number of hydrogen-bond acceptors (Lipinski definition) is 4. The summed E-state index contributed by atoms with van der Waals surface area (Å²) in [6, 6.07) is 8.67. The molecule has 1 aromatic rings. The van der Waals surface area contributed by atoms with Crippen LogP contribution in [0, 0.1) is 11.8 Å². The highest BCUT2D eigenvalue weighted by molar-refractivity contribution is 7.89. The van der Waals surface area contributed by atoms with Crippen LogP contribution in [0.1, 0.15) is 33.1 Å². The Morgan fingerprint density at radius 2 is 1.90 bits per heavy atom. The third-order valence-corrected chi connectivity index (χ3v) is 6.86. The molecule has 2 N–H and O–H groups in total. The summed E-state index contributed by atoms with van der Waals surface area (Å²) in [5.74, 6) is 1.78. The highest BCUT2D eigenvalue weighted by Gasteiger charge is 2.29. The molecule has 8 heteroatoms. The van der Waals surface area contributed by atoms with E-state index in [0.29, 0.717) is 29.8 Å². The second-order valence-corrected chi connectivity index (χ2v) is 9.80. The number of nitrogens with one attached hydrogen (secondary N) is 2. The maximum absolute atomic E-state index is 12.7. The van der Waals surface area contributed by atoms with E-state index >= 15 is 0 Å². The first-order valence-corrected chi connectivity index (χ1v) is 11.9. The van der Waals surface area contributed by atoms with E-state index in [2.05, 4.69) is 29.5 Å². The Bertz CT molecular complexity index is 715. The second kappa shape index (κ2) is 12.1. The zero-order valence-corrected chi connectivity index (χ0v) is 18.7. The van der Waals surface area contributed by atoms with Gasteiger partial charge >= 0.3 is 0 Å². The molecule has 1 aromatic carbocycles. The number of sulfonamides is 1. The Kier molecular flexibility index (Phi) is 9.90. The number of rotatable bonds is 10. The van der Waals surface area contributed by atoms with Crippen molar-refractivity contribution in [2.45, 2.75) is 38.0 Å². The number of piperidine rings is 1. The van der Waals surface area contributed by atoms with Crippen LogP contribution in [0.3, 0.4) is 0 Å². The smallest absolute Gasteiger partial charge is 0.243 e. The molecule has 0 aliphatic carbocycles. The minimum atomic E-state index is -3.38. The Morgan fingerprint density at radius 1 is 1.21 bits per heavy atom. The van der Waals surface area contributed by atoms with Crippen LogP contribution in [-0.2, 0) is 14.8 Å². The summed E-state index contributed by atoms with van der Waals surface area (Å²) in [4.78, 5) is 4.63.